The molecule has 0 saturated carbocycles. The van der Waals surface area contributed by atoms with E-state index < -0.39 is 0 Å². The van der Waals surface area contributed by atoms with Crippen LogP contribution in [0.2, 0.25) is 0 Å². The lowest BCUT2D eigenvalue weighted by Gasteiger charge is -2.24. The Bertz CT molecular complexity index is 333. The van der Waals surface area contributed by atoms with E-state index in [4.69, 9.17) is 0 Å². The fourth-order valence-corrected chi connectivity index (χ4v) is 2.48. The van der Waals surface area contributed by atoms with E-state index in [2.05, 4.69) is 57.3 Å². The molecule has 0 aliphatic carbocycles. The number of rotatable bonds is 7. The lowest BCUT2D eigenvalue weighted by Crippen LogP contribution is -2.39. The van der Waals surface area contributed by atoms with Gasteiger partial charge in [-0.2, -0.15) is 11.8 Å². The number of thioether (sulfide) groups is 1. The van der Waals surface area contributed by atoms with Crippen molar-refractivity contribution in [2.45, 2.75) is 45.4 Å². The molecule has 1 rings (SSSR count). The summed E-state index contributed by atoms with van der Waals surface area (Å²) in [5.74, 6) is 2.30. The van der Waals surface area contributed by atoms with Gasteiger partial charge in [0.05, 0.1) is 0 Å². The van der Waals surface area contributed by atoms with Gasteiger partial charge in [-0.1, -0.05) is 31.2 Å². The second kappa shape index (κ2) is 7.07. The highest BCUT2D eigenvalue weighted by molar-refractivity contribution is 7.98. The number of hydrogen-bond acceptors (Lipinski definition) is 2. The Kier molecular flexibility index (Phi) is 6.07. The molecule has 1 nitrogen and oxygen atoms in total. The van der Waals surface area contributed by atoms with E-state index in [9.17, 15) is 0 Å². The minimum absolute atomic E-state index is 0.281. The molecule has 1 aromatic rings. The number of hydrogen-bond donors (Lipinski definition) is 1. The Morgan fingerprint density at radius 3 is 2.59 bits per heavy atom. The van der Waals surface area contributed by atoms with Gasteiger partial charge < -0.3 is 5.32 Å². The van der Waals surface area contributed by atoms with Crippen LogP contribution in [0.3, 0.4) is 0 Å². The van der Waals surface area contributed by atoms with E-state index in [0.717, 1.165) is 12.3 Å². The van der Waals surface area contributed by atoms with Crippen LogP contribution in [0.5, 0.6) is 0 Å². The molecule has 0 saturated heterocycles. The highest BCUT2D eigenvalue weighted by Crippen LogP contribution is 2.15. The van der Waals surface area contributed by atoms with E-state index in [1.807, 2.05) is 11.8 Å². The molecule has 0 aliphatic rings. The number of aryl methyl sites for hydroxylation is 1. The van der Waals surface area contributed by atoms with Crippen molar-refractivity contribution in [2.24, 2.45) is 0 Å². The molecule has 17 heavy (non-hydrogen) atoms. The van der Waals surface area contributed by atoms with Gasteiger partial charge >= 0.3 is 0 Å². The van der Waals surface area contributed by atoms with Crippen LogP contribution in [0.25, 0.3) is 0 Å². The summed E-state index contributed by atoms with van der Waals surface area (Å²) in [6, 6.07) is 8.65. The summed E-state index contributed by atoms with van der Waals surface area (Å²) in [4.78, 5) is 0. The van der Waals surface area contributed by atoms with E-state index in [1.54, 1.807) is 0 Å². The van der Waals surface area contributed by atoms with Gasteiger partial charge in [-0.15, -0.1) is 0 Å². The smallest absolute Gasteiger partial charge is 0.0187 e. The van der Waals surface area contributed by atoms with Crippen LogP contribution in [0.4, 0.5) is 0 Å². The third kappa shape index (κ3) is 5.60. The molecule has 0 unspecified atom stereocenters. The van der Waals surface area contributed by atoms with Crippen molar-refractivity contribution >= 4 is 11.8 Å². The molecule has 1 N–H and O–H groups in total. The van der Waals surface area contributed by atoms with Crippen LogP contribution in [0.15, 0.2) is 24.3 Å². The Hall–Kier alpha value is -0.470. The van der Waals surface area contributed by atoms with Crippen molar-refractivity contribution in [3.05, 3.63) is 35.4 Å². The first-order valence-corrected chi connectivity index (χ1v) is 7.58. The summed E-state index contributed by atoms with van der Waals surface area (Å²) in [5.41, 5.74) is 3.15. The first-order chi connectivity index (χ1) is 8.05. The lowest BCUT2D eigenvalue weighted by molar-refractivity contribution is 0.388. The van der Waals surface area contributed by atoms with E-state index in [0.29, 0.717) is 0 Å². The second-order valence-electron chi connectivity index (χ2n) is 5.14. The Labute approximate surface area is 110 Å². The van der Waals surface area contributed by atoms with Crippen molar-refractivity contribution in [3.8, 4) is 0 Å². The lowest BCUT2D eigenvalue weighted by atomic mass is 10.0. The predicted octanol–water partition coefficient (Wildman–Crippen LogP) is 4.01. The van der Waals surface area contributed by atoms with Crippen LogP contribution in [-0.2, 0) is 5.75 Å². The SMILES string of the molecule is CCC(C)(C)NCCSCc1ccccc1C. The maximum Gasteiger partial charge on any atom is 0.0187 e. The van der Waals surface area contributed by atoms with Gasteiger partial charge in [0.2, 0.25) is 0 Å². The van der Waals surface area contributed by atoms with Gasteiger partial charge in [0.1, 0.15) is 0 Å². The van der Waals surface area contributed by atoms with E-state index in [-0.39, 0.29) is 5.54 Å². The number of nitrogens with one attached hydrogen (secondary N) is 1. The zero-order valence-corrected chi connectivity index (χ0v) is 12.4. The largest absolute Gasteiger partial charge is 0.311 e. The van der Waals surface area contributed by atoms with Crippen molar-refractivity contribution in [3.63, 3.8) is 0 Å². The Morgan fingerprint density at radius 1 is 1.24 bits per heavy atom. The van der Waals surface area contributed by atoms with Crippen LogP contribution in [0, 0.1) is 6.92 Å². The second-order valence-corrected chi connectivity index (χ2v) is 6.25. The average Bonchev–Trinajstić information content (AvgIpc) is 2.31. The van der Waals surface area contributed by atoms with Gasteiger partial charge in [0, 0.05) is 23.6 Å². The standard InChI is InChI=1S/C15H25NS/c1-5-15(3,4)16-10-11-17-12-14-9-7-6-8-13(14)2/h6-9,16H,5,10-12H2,1-4H3. The summed E-state index contributed by atoms with van der Waals surface area (Å²) < 4.78 is 0. The van der Waals surface area contributed by atoms with Gasteiger partial charge in [-0.05, 0) is 38.3 Å². The molecule has 0 heterocycles. The predicted molar refractivity (Wildman–Crippen MR) is 79.7 cm³/mol. The molecule has 0 radical (unpaired) electrons. The molecule has 0 fully saturated rings. The van der Waals surface area contributed by atoms with Gasteiger partial charge in [-0.3, -0.25) is 0 Å². The van der Waals surface area contributed by atoms with Crippen LogP contribution in [-0.4, -0.2) is 17.8 Å². The van der Waals surface area contributed by atoms with Crippen LogP contribution in [0.1, 0.15) is 38.3 Å². The Morgan fingerprint density at radius 2 is 1.94 bits per heavy atom. The topological polar surface area (TPSA) is 12.0 Å². The molecule has 2 heteroatoms. The highest BCUT2D eigenvalue weighted by Gasteiger charge is 2.12. The van der Waals surface area contributed by atoms with Crippen molar-refractivity contribution in [1.29, 1.82) is 0 Å². The number of benzene rings is 1. The normalized spacial score (nSPS) is 11.8. The summed E-state index contributed by atoms with van der Waals surface area (Å²) in [6.07, 6.45) is 1.18. The molecule has 0 aromatic heterocycles. The van der Waals surface area contributed by atoms with Crippen molar-refractivity contribution in [1.82, 2.24) is 5.32 Å². The van der Waals surface area contributed by atoms with Gasteiger partial charge in [-0.25, -0.2) is 0 Å². The minimum atomic E-state index is 0.281. The van der Waals surface area contributed by atoms with E-state index >= 15 is 0 Å². The fourth-order valence-electron chi connectivity index (χ4n) is 1.54. The summed E-state index contributed by atoms with van der Waals surface area (Å²) >= 11 is 2.01. The third-order valence-corrected chi connectivity index (χ3v) is 4.26. The molecule has 0 spiro atoms. The maximum absolute atomic E-state index is 3.59. The molecular formula is C15H25NS. The molecular weight excluding hydrogens is 226 g/mol. The summed E-state index contributed by atoms with van der Waals surface area (Å²) in [6.45, 7) is 10.0. The monoisotopic (exact) mass is 251 g/mol. The van der Waals surface area contributed by atoms with Crippen molar-refractivity contribution < 1.29 is 0 Å². The minimum Gasteiger partial charge on any atom is -0.311 e. The Balaban J connectivity index is 2.19. The van der Waals surface area contributed by atoms with E-state index in [1.165, 1.54) is 23.3 Å². The fraction of sp³-hybridized carbons (Fsp3) is 0.600. The average molecular weight is 251 g/mol. The van der Waals surface area contributed by atoms with Crippen molar-refractivity contribution in [2.75, 3.05) is 12.3 Å². The first kappa shape index (κ1) is 14.6. The van der Waals surface area contributed by atoms with Gasteiger partial charge in [0.25, 0.3) is 0 Å². The summed E-state index contributed by atoms with van der Waals surface area (Å²) in [5, 5.41) is 3.59. The summed E-state index contributed by atoms with van der Waals surface area (Å²) in [7, 11) is 0. The van der Waals surface area contributed by atoms with Crippen LogP contribution >= 0.6 is 11.8 Å². The molecule has 1 aromatic carbocycles. The molecule has 0 aliphatic heterocycles. The van der Waals surface area contributed by atoms with Crippen LogP contribution < -0.4 is 5.32 Å². The maximum atomic E-state index is 3.59. The quantitative estimate of drug-likeness (QED) is 0.735. The zero-order valence-electron chi connectivity index (χ0n) is 11.5. The molecule has 0 amide bonds. The molecule has 0 bridgehead atoms. The molecule has 0 atom stereocenters. The van der Waals surface area contributed by atoms with Gasteiger partial charge in [0.15, 0.2) is 0 Å². The third-order valence-electron chi connectivity index (χ3n) is 3.25. The first-order valence-electron chi connectivity index (χ1n) is 6.42. The zero-order chi connectivity index (χ0) is 12.7. The molecule has 96 valence electrons. The highest BCUT2D eigenvalue weighted by atomic mass is 32.2.